The van der Waals surface area contributed by atoms with Gasteiger partial charge in [-0.1, -0.05) is 5.21 Å². The number of aryl methyl sites for hydroxylation is 1. The standard InChI is InChI=1S/C12H10Br2N4O3/c1-6-2-7(13)11(8(14)3-6)15-10(19)5-18-4-9(12(20)21)16-17-18/h2-4H,5H2,1H3,(H,15,19)(H,20,21). The van der Waals surface area contributed by atoms with Gasteiger partial charge < -0.3 is 10.4 Å². The number of hydrogen-bond donors (Lipinski definition) is 2. The third kappa shape index (κ3) is 3.88. The number of nitrogens with one attached hydrogen (secondary N) is 1. The normalized spacial score (nSPS) is 10.4. The Balaban J connectivity index is 2.10. The number of carbonyl (C=O) groups is 2. The number of rotatable bonds is 4. The molecule has 1 heterocycles. The second kappa shape index (κ2) is 6.35. The lowest BCUT2D eigenvalue weighted by Crippen LogP contribution is -2.19. The van der Waals surface area contributed by atoms with E-state index >= 15 is 0 Å². The Bertz CT molecular complexity index is 691. The van der Waals surface area contributed by atoms with Crippen LogP contribution in [0.5, 0.6) is 0 Å². The molecule has 1 aromatic heterocycles. The monoisotopic (exact) mass is 416 g/mol. The van der Waals surface area contributed by atoms with Gasteiger partial charge in [0, 0.05) is 8.95 Å². The first-order valence-corrected chi connectivity index (χ1v) is 7.34. The average molecular weight is 418 g/mol. The molecule has 2 aromatic rings. The van der Waals surface area contributed by atoms with E-state index < -0.39 is 5.97 Å². The summed E-state index contributed by atoms with van der Waals surface area (Å²) in [6.45, 7) is 1.80. The van der Waals surface area contributed by atoms with E-state index in [4.69, 9.17) is 5.11 Å². The maximum Gasteiger partial charge on any atom is 0.358 e. The first kappa shape index (κ1) is 15.6. The number of carboxylic acids is 1. The van der Waals surface area contributed by atoms with Crippen molar-refractivity contribution in [2.24, 2.45) is 0 Å². The van der Waals surface area contributed by atoms with Gasteiger partial charge in [0.25, 0.3) is 0 Å². The molecule has 2 N–H and O–H groups in total. The number of hydrogen-bond acceptors (Lipinski definition) is 4. The van der Waals surface area contributed by atoms with E-state index in [1.165, 1.54) is 6.20 Å². The van der Waals surface area contributed by atoms with Crippen LogP contribution in [0, 0.1) is 6.92 Å². The van der Waals surface area contributed by atoms with Crippen LogP contribution in [0.1, 0.15) is 16.1 Å². The van der Waals surface area contributed by atoms with Gasteiger partial charge in [0.15, 0.2) is 5.69 Å². The van der Waals surface area contributed by atoms with E-state index in [0.29, 0.717) is 5.69 Å². The van der Waals surface area contributed by atoms with Gasteiger partial charge in [-0.2, -0.15) is 0 Å². The third-order valence-corrected chi connectivity index (χ3v) is 3.77. The number of amides is 1. The molecule has 110 valence electrons. The summed E-state index contributed by atoms with van der Waals surface area (Å²) in [5.74, 6) is -1.53. The third-order valence-electron chi connectivity index (χ3n) is 2.51. The van der Waals surface area contributed by atoms with Crippen molar-refractivity contribution in [1.82, 2.24) is 15.0 Å². The number of carboxylic acid groups (broad SMARTS) is 1. The summed E-state index contributed by atoms with van der Waals surface area (Å²) < 4.78 is 2.65. The smallest absolute Gasteiger partial charge is 0.358 e. The highest BCUT2D eigenvalue weighted by Gasteiger charge is 2.13. The molecule has 7 nitrogen and oxygen atoms in total. The number of benzene rings is 1. The zero-order valence-corrected chi connectivity index (χ0v) is 14.0. The molecule has 0 saturated carbocycles. The lowest BCUT2D eigenvalue weighted by atomic mass is 10.2. The SMILES string of the molecule is Cc1cc(Br)c(NC(=O)Cn2cc(C(=O)O)nn2)c(Br)c1. The van der Waals surface area contributed by atoms with Crippen LogP contribution in [-0.2, 0) is 11.3 Å². The predicted octanol–water partition coefficient (Wildman–Crippen LogP) is 2.45. The molecule has 0 bridgehead atoms. The molecule has 1 amide bonds. The molecule has 9 heteroatoms. The number of aromatic carboxylic acids is 1. The van der Waals surface area contributed by atoms with Gasteiger partial charge in [-0.3, -0.25) is 4.79 Å². The van der Waals surface area contributed by atoms with Gasteiger partial charge >= 0.3 is 5.97 Å². The van der Waals surface area contributed by atoms with Gasteiger partial charge in [0.05, 0.1) is 11.9 Å². The summed E-state index contributed by atoms with van der Waals surface area (Å²) in [5, 5.41) is 18.5. The van der Waals surface area contributed by atoms with E-state index in [1.54, 1.807) is 0 Å². The van der Waals surface area contributed by atoms with Crippen molar-refractivity contribution in [3.05, 3.63) is 38.5 Å². The van der Waals surface area contributed by atoms with E-state index in [2.05, 4.69) is 47.5 Å². The zero-order valence-electron chi connectivity index (χ0n) is 10.8. The maximum absolute atomic E-state index is 12.0. The van der Waals surface area contributed by atoms with Gasteiger partial charge in [0.1, 0.15) is 6.54 Å². The number of halogens is 2. The Morgan fingerprint density at radius 2 is 1.95 bits per heavy atom. The molecule has 1 aromatic carbocycles. The summed E-state index contributed by atoms with van der Waals surface area (Å²) in [6.07, 6.45) is 1.20. The lowest BCUT2D eigenvalue weighted by molar-refractivity contribution is -0.116. The molecule has 0 radical (unpaired) electrons. The summed E-state index contributed by atoms with van der Waals surface area (Å²) in [5.41, 5.74) is 1.43. The first-order chi connectivity index (χ1) is 9.86. The second-order valence-corrected chi connectivity index (χ2v) is 5.97. The summed E-state index contributed by atoms with van der Waals surface area (Å²) in [4.78, 5) is 22.6. The zero-order chi connectivity index (χ0) is 15.6. The van der Waals surface area contributed by atoms with E-state index in [9.17, 15) is 9.59 Å². The number of nitrogens with zero attached hydrogens (tertiary/aromatic N) is 3. The quantitative estimate of drug-likeness (QED) is 0.796. The average Bonchev–Trinajstić information content (AvgIpc) is 2.82. The van der Waals surface area contributed by atoms with Crippen LogP contribution in [-0.4, -0.2) is 32.0 Å². The van der Waals surface area contributed by atoms with Crippen molar-refractivity contribution in [2.45, 2.75) is 13.5 Å². The Morgan fingerprint density at radius 1 is 1.33 bits per heavy atom. The topological polar surface area (TPSA) is 97.1 Å². The van der Waals surface area contributed by atoms with Crippen LogP contribution < -0.4 is 5.32 Å². The Kier molecular flexibility index (Phi) is 4.73. The molecular formula is C12H10Br2N4O3. The minimum Gasteiger partial charge on any atom is -0.476 e. The van der Waals surface area contributed by atoms with Gasteiger partial charge in [-0.25, -0.2) is 9.48 Å². The predicted molar refractivity (Wildman–Crippen MR) is 82.2 cm³/mol. The minimum atomic E-state index is -1.19. The second-order valence-electron chi connectivity index (χ2n) is 4.26. The van der Waals surface area contributed by atoms with Crippen molar-refractivity contribution < 1.29 is 14.7 Å². The van der Waals surface area contributed by atoms with E-state index in [-0.39, 0.29) is 18.1 Å². The Labute approximate surface area is 136 Å². The maximum atomic E-state index is 12.0. The first-order valence-electron chi connectivity index (χ1n) is 5.75. The summed E-state index contributed by atoms with van der Waals surface area (Å²) in [6, 6.07) is 3.75. The summed E-state index contributed by atoms with van der Waals surface area (Å²) in [7, 11) is 0. The number of aromatic nitrogens is 3. The molecule has 0 aliphatic carbocycles. The molecule has 2 rings (SSSR count). The molecule has 0 atom stereocenters. The molecule has 0 unspecified atom stereocenters. The largest absolute Gasteiger partial charge is 0.476 e. The summed E-state index contributed by atoms with van der Waals surface area (Å²) >= 11 is 6.76. The highest BCUT2D eigenvalue weighted by molar-refractivity contribution is 9.11. The van der Waals surface area contributed by atoms with Crippen molar-refractivity contribution in [1.29, 1.82) is 0 Å². The van der Waals surface area contributed by atoms with Crippen molar-refractivity contribution >= 4 is 49.4 Å². The molecule has 0 aliphatic rings. The van der Waals surface area contributed by atoms with E-state index in [0.717, 1.165) is 19.2 Å². The molecule has 21 heavy (non-hydrogen) atoms. The minimum absolute atomic E-state index is 0.132. The highest BCUT2D eigenvalue weighted by Crippen LogP contribution is 2.32. The molecule has 0 aliphatic heterocycles. The van der Waals surface area contributed by atoms with Gasteiger partial charge in [0.2, 0.25) is 5.91 Å². The van der Waals surface area contributed by atoms with Crippen molar-refractivity contribution in [3.8, 4) is 0 Å². The van der Waals surface area contributed by atoms with Crippen LogP contribution in [0.2, 0.25) is 0 Å². The van der Waals surface area contributed by atoms with Gasteiger partial charge in [-0.15, -0.1) is 5.10 Å². The van der Waals surface area contributed by atoms with Crippen LogP contribution in [0.15, 0.2) is 27.3 Å². The van der Waals surface area contributed by atoms with Crippen LogP contribution in [0.3, 0.4) is 0 Å². The molecule has 0 spiro atoms. The highest BCUT2D eigenvalue weighted by atomic mass is 79.9. The van der Waals surface area contributed by atoms with E-state index in [1.807, 2.05) is 19.1 Å². The molecule has 0 saturated heterocycles. The molecule has 0 fully saturated rings. The fourth-order valence-corrected chi connectivity index (χ4v) is 3.23. The number of anilines is 1. The van der Waals surface area contributed by atoms with Crippen LogP contribution in [0.4, 0.5) is 5.69 Å². The van der Waals surface area contributed by atoms with Crippen LogP contribution in [0.25, 0.3) is 0 Å². The Morgan fingerprint density at radius 3 is 2.48 bits per heavy atom. The number of carbonyl (C=O) groups excluding carboxylic acids is 1. The molecular weight excluding hydrogens is 408 g/mol. The Hall–Kier alpha value is -1.74. The fourth-order valence-electron chi connectivity index (χ4n) is 1.62. The van der Waals surface area contributed by atoms with Crippen molar-refractivity contribution in [3.63, 3.8) is 0 Å². The van der Waals surface area contributed by atoms with Crippen molar-refractivity contribution in [2.75, 3.05) is 5.32 Å². The van der Waals surface area contributed by atoms with Crippen LogP contribution >= 0.6 is 31.9 Å². The fraction of sp³-hybridized carbons (Fsp3) is 0.167. The van der Waals surface area contributed by atoms with Gasteiger partial charge in [-0.05, 0) is 56.5 Å². The lowest BCUT2D eigenvalue weighted by Gasteiger charge is -2.10.